The minimum atomic E-state index is -3.92. The minimum Gasteiger partial charge on any atom is -0.504 e. The van der Waals surface area contributed by atoms with Crippen LogP contribution in [0.3, 0.4) is 0 Å². The molecule has 34 heavy (non-hydrogen) atoms. The van der Waals surface area contributed by atoms with E-state index in [4.69, 9.17) is 4.42 Å². The maximum atomic E-state index is 12.8. The summed E-state index contributed by atoms with van der Waals surface area (Å²) in [4.78, 5) is 0. The fraction of sp³-hybridized carbons (Fsp3) is 0.476. The van der Waals surface area contributed by atoms with E-state index in [9.17, 15) is 21.9 Å². The van der Waals surface area contributed by atoms with Gasteiger partial charge < -0.3 is 20.2 Å². The summed E-state index contributed by atoms with van der Waals surface area (Å²) in [6, 6.07) is 3.24. The highest BCUT2D eigenvalue weighted by molar-refractivity contribution is 7.93. The largest absolute Gasteiger partial charge is 0.504 e. The second-order valence-electron chi connectivity index (χ2n) is 8.88. The summed E-state index contributed by atoms with van der Waals surface area (Å²) in [5.41, 5.74) is -0.147. The summed E-state index contributed by atoms with van der Waals surface area (Å²) in [6.07, 6.45) is 0. The third-order valence-corrected chi connectivity index (χ3v) is 9.73. The number of nitrogens with one attached hydrogen (secondary N) is 2. The normalized spacial score (nSPS) is 16.9. The molecule has 0 radical (unpaired) electrons. The molecule has 0 spiro atoms. The van der Waals surface area contributed by atoms with Crippen molar-refractivity contribution in [2.24, 2.45) is 9.81 Å². The number of hydrogen-bond acceptors (Lipinski definition) is 9. The number of rotatable bonds is 8. The van der Waals surface area contributed by atoms with Gasteiger partial charge >= 0.3 is 0 Å². The van der Waals surface area contributed by atoms with Crippen LogP contribution in [0.4, 0.5) is 5.69 Å². The molecular formula is C21H30N4O6S3. The number of hydrogen-bond donors (Lipinski definition) is 3. The lowest BCUT2D eigenvalue weighted by Gasteiger charge is -2.31. The van der Waals surface area contributed by atoms with Gasteiger partial charge in [0.2, 0.25) is 0 Å². The quantitative estimate of drug-likeness (QED) is 0.468. The van der Waals surface area contributed by atoms with Crippen molar-refractivity contribution in [3.8, 4) is 5.75 Å². The van der Waals surface area contributed by atoms with Gasteiger partial charge in [-0.2, -0.15) is 12.7 Å². The zero-order valence-corrected chi connectivity index (χ0v) is 22.4. The molecule has 1 atom stereocenters. The highest BCUT2D eigenvalue weighted by Crippen LogP contribution is 2.40. The molecule has 0 aromatic carbocycles. The average molecular weight is 531 g/mol. The van der Waals surface area contributed by atoms with Gasteiger partial charge in [-0.1, -0.05) is 34.6 Å². The average Bonchev–Trinajstić information content (AvgIpc) is 3.37. The molecule has 3 N–H and O–H groups in total. The molecule has 0 unspecified atom stereocenters. The summed E-state index contributed by atoms with van der Waals surface area (Å²) in [6.45, 7) is 11.7. The van der Waals surface area contributed by atoms with E-state index < -0.39 is 31.8 Å². The molecule has 1 aliphatic heterocycles. The Bertz CT molecular complexity index is 1330. The van der Waals surface area contributed by atoms with Crippen LogP contribution in [0.15, 0.2) is 41.6 Å². The van der Waals surface area contributed by atoms with E-state index in [-0.39, 0.29) is 39.9 Å². The SMILES string of the molecule is CCN(CC)S(=O)(=O)c1scc(NC2=NS(=O)(=O)C=C2N[C@@H](c2ccc(C)o2)C(C)(C)C)c1O. The molecule has 0 saturated heterocycles. The van der Waals surface area contributed by atoms with E-state index in [1.807, 2.05) is 39.8 Å². The molecule has 2 aromatic heterocycles. The van der Waals surface area contributed by atoms with Crippen LogP contribution in [-0.2, 0) is 20.0 Å². The van der Waals surface area contributed by atoms with Crippen molar-refractivity contribution in [3.05, 3.63) is 40.1 Å². The number of nitrogens with zero attached hydrogens (tertiary/aromatic N) is 2. The second kappa shape index (κ2) is 9.36. The van der Waals surface area contributed by atoms with E-state index in [0.29, 0.717) is 5.76 Å². The van der Waals surface area contributed by atoms with Gasteiger partial charge in [0.05, 0.1) is 22.8 Å². The molecule has 188 valence electrons. The first-order valence-corrected chi connectivity index (χ1v) is 14.5. The summed E-state index contributed by atoms with van der Waals surface area (Å²) in [5.74, 6) is 0.798. The van der Waals surface area contributed by atoms with Crippen molar-refractivity contribution in [1.29, 1.82) is 0 Å². The minimum absolute atomic E-state index is 0.0421. The summed E-state index contributed by atoms with van der Waals surface area (Å²) >= 11 is 0.843. The van der Waals surface area contributed by atoms with Crippen LogP contribution in [-0.4, -0.2) is 45.2 Å². The van der Waals surface area contributed by atoms with Crippen molar-refractivity contribution >= 4 is 42.9 Å². The lowest BCUT2D eigenvalue weighted by Crippen LogP contribution is -2.35. The Labute approximate surface area is 204 Å². The molecule has 0 fully saturated rings. The number of aryl methyl sites for hydroxylation is 1. The monoisotopic (exact) mass is 530 g/mol. The van der Waals surface area contributed by atoms with Crippen LogP contribution in [0.5, 0.6) is 5.75 Å². The molecule has 3 rings (SSSR count). The third-order valence-electron chi connectivity index (χ3n) is 5.22. The molecule has 0 saturated carbocycles. The van der Waals surface area contributed by atoms with Gasteiger partial charge in [-0.3, -0.25) is 0 Å². The molecule has 1 aliphatic rings. The van der Waals surface area contributed by atoms with E-state index in [1.165, 1.54) is 9.69 Å². The predicted octanol–water partition coefficient (Wildman–Crippen LogP) is 3.76. The van der Waals surface area contributed by atoms with Crippen LogP contribution < -0.4 is 10.6 Å². The Kier molecular flexibility index (Phi) is 7.23. The van der Waals surface area contributed by atoms with Crippen LogP contribution >= 0.6 is 11.3 Å². The number of anilines is 1. The number of aromatic hydroxyl groups is 1. The van der Waals surface area contributed by atoms with Crippen LogP contribution in [0.2, 0.25) is 0 Å². The summed E-state index contributed by atoms with van der Waals surface area (Å²) < 4.78 is 60.8. The van der Waals surface area contributed by atoms with Crippen molar-refractivity contribution in [1.82, 2.24) is 9.62 Å². The summed E-state index contributed by atoms with van der Waals surface area (Å²) in [5, 5.41) is 19.0. The number of amidine groups is 1. The van der Waals surface area contributed by atoms with Crippen LogP contribution in [0, 0.1) is 12.3 Å². The van der Waals surface area contributed by atoms with Gasteiger partial charge in [0, 0.05) is 18.5 Å². The highest BCUT2D eigenvalue weighted by atomic mass is 32.2. The molecule has 0 bridgehead atoms. The van der Waals surface area contributed by atoms with Gasteiger partial charge in [0.25, 0.3) is 20.0 Å². The molecule has 2 aromatic rings. The topological polar surface area (TPSA) is 141 Å². The third kappa shape index (κ3) is 5.32. The van der Waals surface area contributed by atoms with E-state index in [2.05, 4.69) is 15.0 Å². The zero-order valence-electron chi connectivity index (χ0n) is 19.9. The summed E-state index contributed by atoms with van der Waals surface area (Å²) in [7, 11) is -7.82. The van der Waals surface area contributed by atoms with Gasteiger partial charge in [-0.05, 0) is 24.5 Å². The van der Waals surface area contributed by atoms with Crippen molar-refractivity contribution < 1.29 is 26.4 Å². The van der Waals surface area contributed by atoms with Gasteiger partial charge in [0.1, 0.15) is 11.5 Å². The molecular weight excluding hydrogens is 500 g/mol. The lowest BCUT2D eigenvalue weighted by atomic mass is 9.85. The maximum absolute atomic E-state index is 12.8. The van der Waals surface area contributed by atoms with Gasteiger partial charge in [0.15, 0.2) is 15.8 Å². The fourth-order valence-electron chi connectivity index (χ4n) is 3.49. The zero-order chi connectivity index (χ0) is 25.5. The molecule has 13 heteroatoms. The Hall–Kier alpha value is -2.35. The van der Waals surface area contributed by atoms with Gasteiger partial charge in [-0.25, -0.2) is 8.42 Å². The van der Waals surface area contributed by atoms with Crippen molar-refractivity contribution in [3.63, 3.8) is 0 Å². The smallest absolute Gasteiger partial charge is 0.279 e. The van der Waals surface area contributed by atoms with Crippen LogP contribution in [0.25, 0.3) is 0 Å². The number of furan rings is 1. The van der Waals surface area contributed by atoms with E-state index in [0.717, 1.165) is 22.5 Å². The van der Waals surface area contributed by atoms with Gasteiger partial charge in [-0.15, -0.1) is 15.7 Å². The molecule has 10 nitrogen and oxygen atoms in total. The first kappa shape index (κ1) is 26.3. The maximum Gasteiger partial charge on any atom is 0.279 e. The van der Waals surface area contributed by atoms with Crippen molar-refractivity contribution in [2.75, 3.05) is 18.4 Å². The Balaban J connectivity index is 1.94. The van der Waals surface area contributed by atoms with E-state index >= 15 is 0 Å². The number of sulfonamides is 2. The first-order valence-electron chi connectivity index (χ1n) is 10.7. The standard InChI is InChI=1S/C21H30N4O6S3/c1-7-25(8-2)34(29,30)20-17(26)14(11-32-20)23-19-15(12-33(27,28)24-19)22-18(21(4,5)6)16-10-9-13(3)31-16/h9-12,18,22,26H,7-8H2,1-6H3,(H,23,24)/t18-/m0/s1. The second-order valence-corrected chi connectivity index (χ2v) is 13.3. The Morgan fingerprint density at radius 2 is 1.88 bits per heavy atom. The van der Waals surface area contributed by atoms with E-state index in [1.54, 1.807) is 13.8 Å². The predicted molar refractivity (Wildman–Crippen MR) is 133 cm³/mol. The Morgan fingerprint density at radius 3 is 2.41 bits per heavy atom. The van der Waals surface area contributed by atoms with Crippen molar-refractivity contribution in [2.45, 2.75) is 51.8 Å². The number of thiophene rings is 1. The molecule has 3 heterocycles. The van der Waals surface area contributed by atoms with Crippen LogP contribution in [0.1, 0.15) is 52.2 Å². The fourth-order valence-corrected chi connectivity index (χ4v) is 7.25. The highest BCUT2D eigenvalue weighted by Gasteiger charge is 2.34. The molecule has 0 aliphatic carbocycles. The lowest BCUT2D eigenvalue weighted by molar-refractivity contribution is 0.251. The Morgan fingerprint density at radius 1 is 1.24 bits per heavy atom. The molecule has 0 amide bonds. The first-order chi connectivity index (χ1) is 15.7.